The van der Waals surface area contributed by atoms with Crippen molar-refractivity contribution in [1.29, 1.82) is 0 Å². The Bertz CT molecular complexity index is 314. The van der Waals surface area contributed by atoms with E-state index in [1.165, 1.54) is 5.57 Å². The molecule has 1 rings (SSSR count). The van der Waals surface area contributed by atoms with Crippen molar-refractivity contribution >= 4 is 5.97 Å². The van der Waals surface area contributed by atoms with Gasteiger partial charge in [0, 0.05) is 0 Å². The van der Waals surface area contributed by atoms with Gasteiger partial charge >= 0.3 is 5.97 Å². The van der Waals surface area contributed by atoms with E-state index < -0.39 is 5.60 Å². The summed E-state index contributed by atoms with van der Waals surface area (Å²) in [6.07, 6.45) is 5.19. The molecule has 0 amide bonds. The Morgan fingerprint density at radius 1 is 1.44 bits per heavy atom. The maximum Gasteiger partial charge on any atom is 0.309 e. The van der Waals surface area contributed by atoms with Gasteiger partial charge in [-0.3, -0.25) is 4.79 Å². The lowest BCUT2D eigenvalue weighted by molar-refractivity contribution is -0.157. The highest BCUT2D eigenvalue weighted by atomic mass is 16.6. The summed E-state index contributed by atoms with van der Waals surface area (Å²) >= 11 is 0. The largest absolute Gasteiger partial charge is 0.462 e. The number of carbonyl (C=O) groups is 1. The molecular formula is C15H26O3. The van der Waals surface area contributed by atoms with Crippen LogP contribution >= 0.6 is 0 Å². The molecule has 0 spiro atoms. The molecule has 0 aliphatic heterocycles. The third-order valence-electron chi connectivity index (χ3n) is 3.14. The number of hydrogen-bond acceptors (Lipinski definition) is 3. The Morgan fingerprint density at radius 2 is 2.06 bits per heavy atom. The van der Waals surface area contributed by atoms with Crippen LogP contribution < -0.4 is 0 Å². The second-order valence-corrected chi connectivity index (χ2v) is 5.76. The number of carbonyl (C=O) groups excluding carboxylic acids is 1. The lowest BCUT2D eigenvalue weighted by atomic mass is 10.1. The van der Waals surface area contributed by atoms with E-state index in [9.17, 15) is 4.79 Å². The minimum Gasteiger partial charge on any atom is -0.462 e. The molecule has 0 bridgehead atoms. The zero-order valence-corrected chi connectivity index (χ0v) is 12.3. The second kappa shape index (κ2) is 6.37. The monoisotopic (exact) mass is 254 g/mol. The molecule has 104 valence electrons. The number of rotatable bonds is 7. The Labute approximate surface area is 111 Å². The first-order valence-corrected chi connectivity index (χ1v) is 6.87. The van der Waals surface area contributed by atoms with E-state index in [1.807, 2.05) is 20.8 Å². The minimum atomic E-state index is -0.438. The number of hydrogen-bond donors (Lipinski definition) is 0. The summed E-state index contributed by atoms with van der Waals surface area (Å²) in [6.45, 7) is 10.5. The van der Waals surface area contributed by atoms with E-state index in [0.29, 0.717) is 6.61 Å². The standard InChI is InChI=1S/C15H26O3/c1-6-7-11(2)12(3)18-15(4,5)10-17-14(16)13-8-9-13/h7,12-13H,6,8-10H2,1-5H3/b11-7+/t12-/m1/s1. The van der Waals surface area contributed by atoms with E-state index >= 15 is 0 Å². The van der Waals surface area contributed by atoms with Gasteiger partial charge in [0.05, 0.1) is 17.6 Å². The van der Waals surface area contributed by atoms with Crippen molar-refractivity contribution in [1.82, 2.24) is 0 Å². The Balaban J connectivity index is 2.37. The van der Waals surface area contributed by atoms with Crippen LogP contribution in [-0.2, 0) is 14.3 Å². The average Bonchev–Trinajstić information content (AvgIpc) is 3.09. The van der Waals surface area contributed by atoms with Gasteiger partial charge in [0.25, 0.3) is 0 Å². The van der Waals surface area contributed by atoms with Crippen LogP contribution in [-0.4, -0.2) is 24.3 Å². The minimum absolute atomic E-state index is 0.0552. The number of esters is 1. The molecule has 3 heteroatoms. The molecule has 1 fully saturated rings. The van der Waals surface area contributed by atoms with Gasteiger partial charge in [-0.2, -0.15) is 0 Å². The van der Waals surface area contributed by atoms with Crippen LogP contribution in [0, 0.1) is 5.92 Å². The highest BCUT2D eigenvalue weighted by Crippen LogP contribution is 2.30. The van der Waals surface area contributed by atoms with Gasteiger partial charge in [-0.05, 0) is 52.5 Å². The summed E-state index contributed by atoms with van der Waals surface area (Å²) in [7, 11) is 0. The predicted octanol–water partition coefficient (Wildman–Crippen LogP) is 3.48. The van der Waals surface area contributed by atoms with E-state index in [2.05, 4.69) is 19.9 Å². The molecule has 0 aromatic rings. The van der Waals surface area contributed by atoms with Crippen molar-refractivity contribution in [3.63, 3.8) is 0 Å². The summed E-state index contributed by atoms with van der Waals surface area (Å²) in [5.41, 5.74) is 0.784. The zero-order valence-electron chi connectivity index (χ0n) is 12.3. The molecule has 0 unspecified atom stereocenters. The fourth-order valence-corrected chi connectivity index (χ4v) is 1.78. The van der Waals surface area contributed by atoms with Crippen LogP contribution in [0.25, 0.3) is 0 Å². The first-order chi connectivity index (χ1) is 8.35. The van der Waals surface area contributed by atoms with Crippen LogP contribution in [0.1, 0.15) is 53.9 Å². The van der Waals surface area contributed by atoms with Crippen molar-refractivity contribution in [2.45, 2.75) is 65.6 Å². The van der Waals surface area contributed by atoms with Crippen molar-refractivity contribution in [2.24, 2.45) is 5.92 Å². The predicted molar refractivity (Wildman–Crippen MR) is 72.4 cm³/mol. The molecule has 0 aromatic heterocycles. The maximum absolute atomic E-state index is 11.5. The SMILES string of the molecule is CC/C=C(\C)[C@@H](C)OC(C)(C)COC(=O)C1CC1. The summed E-state index contributed by atoms with van der Waals surface area (Å²) in [4.78, 5) is 11.5. The number of allylic oxidation sites excluding steroid dienone is 1. The molecule has 0 radical (unpaired) electrons. The molecule has 1 aliphatic carbocycles. The highest BCUT2D eigenvalue weighted by molar-refractivity contribution is 5.74. The third kappa shape index (κ3) is 5.21. The first-order valence-electron chi connectivity index (χ1n) is 6.87. The van der Waals surface area contributed by atoms with Crippen molar-refractivity contribution < 1.29 is 14.3 Å². The summed E-state index contributed by atoms with van der Waals surface area (Å²) in [5, 5.41) is 0. The van der Waals surface area contributed by atoms with Crippen LogP contribution in [0.2, 0.25) is 0 Å². The lowest BCUT2D eigenvalue weighted by Gasteiger charge is -2.29. The highest BCUT2D eigenvalue weighted by Gasteiger charge is 2.33. The molecule has 1 saturated carbocycles. The molecule has 18 heavy (non-hydrogen) atoms. The Morgan fingerprint density at radius 3 is 2.56 bits per heavy atom. The first kappa shape index (κ1) is 15.2. The van der Waals surface area contributed by atoms with Crippen molar-refractivity contribution in [2.75, 3.05) is 6.61 Å². The van der Waals surface area contributed by atoms with Gasteiger partial charge in [-0.25, -0.2) is 0 Å². The van der Waals surface area contributed by atoms with Gasteiger partial charge in [-0.15, -0.1) is 0 Å². The van der Waals surface area contributed by atoms with Crippen molar-refractivity contribution in [3.8, 4) is 0 Å². The average molecular weight is 254 g/mol. The van der Waals surface area contributed by atoms with Crippen LogP contribution in [0.4, 0.5) is 0 Å². The van der Waals surface area contributed by atoms with Crippen LogP contribution in [0.3, 0.4) is 0 Å². The van der Waals surface area contributed by atoms with Gasteiger partial charge in [-0.1, -0.05) is 13.0 Å². The van der Waals surface area contributed by atoms with Gasteiger partial charge in [0.2, 0.25) is 0 Å². The lowest BCUT2D eigenvalue weighted by Crippen LogP contribution is -2.36. The Hall–Kier alpha value is -0.830. The number of ether oxygens (including phenoxy) is 2. The molecule has 1 atom stereocenters. The van der Waals surface area contributed by atoms with E-state index in [-0.39, 0.29) is 18.0 Å². The summed E-state index contributed by atoms with van der Waals surface area (Å²) in [6, 6.07) is 0. The molecule has 1 aliphatic rings. The van der Waals surface area contributed by atoms with E-state index in [4.69, 9.17) is 9.47 Å². The topological polar surface area (TPSA) is 35.5 Å². The molecule has 0 heterocycles. The van der Waals surface area contributed by atoms with Gasteiger partial charge in [0.1, 0.15) is 6.61 Å². The summed E-state index contributed by atoms with van der Waals surface area (Å²) in [5.74, 6) is 0.0834. The fraction of sp³-hybridized carbons (Fsp3) is 0.800. The van der Waals surface area contributed by atoms with E-state index in [1.54, 1.807) is 0 Å². The molecule has 0 N–H and O–H groups in total. The third-order valence-corrected chi connectivity index (χ3v) is 3.14. The van der Waals surface area contributed by atoms with Gasteiger partial charge in [0.15, 0.2) is 0 Å². The second-order valence-electron chi connectivity index (χ2n) is 5.76. The van der Waals surface area contributed by atoms with E-state index in [0.717, 1.165) is 19.3 Å². The van der Waals surface area contributed by atoms with Gasteiger partial charge < -0.3 is 9.47 Å². The molecule has 0 saturated heterocycles. The normalized spacial score (nSPS) is 18.6. The zero-order chi connectivity index (χ0) is 13.8. The van der Waals surface area contributed by atoms with Crippen LogP contribution in [0.15, 0.2) is 11.6 Å². The quantitative estimate of drug-likeness (QED) is 0.515. The maximum atomic E-state index is 11.5. The molecule has 3 nitrogen and oxygen atoms in total. The molecular weight excluding hydrogens is 228 g/mol. The van der Waals surface area contributed by atoms with Crippen LogP contribution in [0.5, 0.6) is 0 Å². The summed E-state index contributed by atoms with van der Waals surface area (Å²) < 4.78 is 11.2. The fourth-order valence-electron chi connectivity index (χ4n) is 1.78. The van der Waals surface area contributed by atoms with Crippen molar-refractivity contribution in [3.05, 3.63) is 11.6 Å². The Kier molecular flexibility index (Phi) is 5.39. The smallest absolute Gasteiger partial charge is 0.309 e. The molecule has 0 aromatic carbocycles.